The smallest absolute Gasteiger partial charge is 0.0376 e. The van der Waals surface area contributed by atoms with E-state index in [2.05, 4.69) is 18.2 Å². The summed E-state index contributed by atoms with van der Waals surface area (Å²) < 4.78 is 0. The Morgan fingerprint density at radius 3 is 2.38 bits per heavy atom. The zero-order valence-electron chi connectivity index (χ0n) is 5.22. The number of allylic oxidation sites excluding steroid dienone is 2. The molecule has 1 nitrogen and oxygen atoms in total. The monoisotopic (exact) mass is 109 g/mol. The molecule has 0 aromatic heterocycles. The summed E-state index contributed by atoms with van der Waals surface area (Å²) >= 11 is 0. The van der Waals surface area contributed by atoms with E-state index in [1.165, 1.54) is 0 Å². The van der Waals surface area contributed by atoms with Crippen LogP contribution in [0.25, 0.3) is 0 Å². The molecule has 0 aromatic rings. The molecule has 0 aliphatic heterocycles. The Labute approximate surface area is 50.4 Å². The van der Waals surface area contributed by atoms with Gasteiger partial charge in [-0.25, -0.2) is 0 Å². The van der Waals surface area contributed by atoms with Crippen molar-refractivity contribution in [2.24, 2.45) is 4.99 Å². The highest BCUT2D eigenvalue weighted by molar-refractivity contribution is 5.95. The molecule has 0 saturated carbocycles. The highest BCUT2D eigenvalue weighted by atomic mass is 14.7. The van der Waals surface area contributed by atoms with Gasteiger partial charge < -0.3 is 0 Å². The third-order valence-electron chi connectivity index (χ3n) is 0.876. The third-order valence-corrected chi connectivity index (χ3v) is 0.876. The molecule has 0 bridgehead atoms. The summed E-state index contributed by atoms with van der Waals surface area (Å²) in [5, 5.41) is 0. The fourth-order valence-corrected chi connectivity index (χ4v) is 0.414. The fourth-order valence-electron chi connectivity index (χ4n) is 0.414. The molecule has 0 fully saturated rings. The van der Waals surface area contributed by atoms with Gasteiger partial charge in [0.2, 0.25) is 0 Å². The maximum absolute atomic E-state index is 3.92. The minimum absolute atomic E-state index is 0.819. The zero-order chi connectivity index (χ0) is 6.41. The molecular weight excluding hydrogens is 98.1 g/mol. The molecular formula is C7H11N. The second kappa shape index (κ2) is 4.31. The van der Waals surface area contributed by atoms with Crippen LogP contribution in [0.15, 0.2) is 30.3 Å². The number of hydrogen-bond donors (Lipinski definition) is 0. The topological polar surface area (TPSA) is 12.4 Å². The first-order chi connectivity index (χ1) is 3.85. The van der Waals surface area contributed by atoms with Gasteiger partial charge in [-0.2, -0.15) is 0 Å². The summed E-state index contributed by atoms with van der Waals surface area (Å²) in [7, 11) is 1.75. The largest absolute Gasteiger partial charge is 0.293 e. The predicted molar refractivity (Wildman–Crippen MR) is 38.4 cm³/mol. The quantitative estimate of drug-likeness (QED) is 0.387. The third kappa shape index (κ3) is 2.35. The van der Waals surface area contributed by atoms with Crippen LogP contribution in [0.2, 0.25) is 0 Å². The maximum Gasteiger partial charge on any atom is 0.0376 e. The van der Waals surface area contributed by atoms with Crippen LogP contribution in [0.5, 0.6) is 0 Å². The Bertz CT molecular complexity index is 112. The predicted octanol–water partition coefficient (Wildman–Crippen LogP) is 1.82. The van der Waals surface area contributed by atoms with E-state index in [-0.39, 0.29) is 0 Å². The second-order valence-electron chi connectivity index (χ2n) is 1.41. The molecule has 1 heteroatoms. The standard InChI is InChI=1S/C7H11N/c1-4-6-7(5-2)8-3/h4-5H,1-2,6H2,3H3. The van der Waals surface area contributed by atoms with Crippen molar-refractivity contribution in [3.8, 4) is 0 Å². The van der Waals surface area contributed by atoms with Gasteiger partial charge >= 0.3 is 0 Å². The number of aliphatic imine (C=N–C) groups is 1. The van der Waals surface area contributed by atoms with Crippen molar-refractivity contribution in [1.29, 1.82) is 0 Å². The molecule has 0 spiro atoms. The minimum Gasteiger partial charge on any atom is -0.293 e. The van der Waals surface area contributed by atoms with Gasteiger partial charge in [-0.3, -0.25) is 4.99 Å². The first kappa shape index (κ1) is 7.15. The van der Waals surface area contributed by atoms with Gasteiger partial charge in [0.05, 0.1) is 0 Å². The summed E-state index contributed by atoms with van der Waals surface area (Å²) in [6.07, 6.45) is 4.37. The van der Waals surface area contributed by atoms with Crippen LogP contribution < -0.4 is 0 Å². The van der Waals surface area contributed by atoms with Gasteiger partial charge in [-0.15, -0.1) is 6.58 Å². The van der Waals surface area contributed by atoms with Crippen LogP contribution >= 0.6 is 0 Å². The van der Waals surface area contributed by atoms with Crippen molar-refractivity contribution in [2.75, 3.05) is 7.05 Å². The summed E-state index contributed by atoms with van der Waals surface area (Å²) in [6.45, 7) is 7.14. The van der Waals surface area contributed by atoms with Gasteiger partial charge in [0.25, 0.3) is 0 Å². The number of rotatable bonds is 3. The maximum atomic E-state index is 3.92. The van der Waals surface area contributed by atoms with Gasteiger partial charge in [-0.1, -0.05) is 12.7 Å². The molecule has 0 aliphatic rings. The average molecular weight is 109 g/mol. The molecule has 0 atom stereocenters. The lowest BCUT2D eigenvalue weighted by Gasteiger charge is -1.88. The van der Waals surface area contributed by atoms with E-state index in [0.29, 0.717) is 0 Å². The molecule has 8 heavy (non-hydrogen) atoms. The fraction of sp³-hybridized carbons (Fsp3) is 0.286. The Hall–Kier alpha value is -0.850. The van der Waals surface area contributed by atoms with Crippen LogP contribution in [-0.2, 0) is 0 Å². The van der Waals surface area contributed by atoms with E-state index < -0.39 is 0 Å². The first-order valence-electron chi connectivity index (χ1n) is 2.54. The van der Waals surface area contributed by atoms with Crippen LogP contribution in [0.3, 0.4) is 0 Å². The summed E-state index contributed by atoms with van der Waals surface area (Å²) in [5.74, 6) is 0. The minimum atomic E-state index is 0.819. The van der Waals surface area contributed by atoms with Gasteiger partial charge in [0.15, 0.2) is 0 Å². The van der Waals surface area contributed by atoms with E-state index in [4.69, 9.17) is 0 Å². The van der Waals surface area contributed by atoms with E-state index >= 15 is 0 Å². The lowest BCUT2D eigenvalue weighted by Crippen LogP contribution is -1.87. The zero-order valence-corrected chi connectivity index (χ0v) is 5.22. The molecule has 44 valence electrons. The van der Waals surface area contributed by atoms with Crippen molar-refractivity contribution < 1.29 is 0 Å². The second-order valence-corrected chi connectivity index (χ2v) is 1.41. The summed E-state index contributed by atoms with van der Waals surface area (Å²) in [4.78, 5) is 3.92. The molecule has 0 unspecified atom stereocenters. The molecule has 0 saturated heterocycles. The molecule has 0 rings (SSSR count). The number of nitrogens with zero attached hydrogens (tertiary/aromatic N) is 1. The number of hydrogen-bond acceptors (Lipinski definition) is 1. The molecule has 0 aliphatic carbocycles. The molecule has 0 radical (unpaired) electrons. The van der Waals surface area contributed by atoms with E-state index in [9.17, 15) is 0 Å². The van der Waals surface area contributed by atoms with Crippen molar-refractivity contribution in [3.05, 3.63) is 25.3 Å². The Balaban J connectivity index is 3.71. The molecule has 0 N–H and O–H groups in total. The van der Waals surface area contributed by atoms with E-state index in [1.54, 1.807) is 13.1 Å². The first-order valence-corrected chi connectivity index (χ1v) is 2.54. The lowest BCUT2D eigenvalue weighted by atomic mass is 10.3. The van der Waals surface area contributed by atoms with Gasteiger partial charge in [-0.05, 0) is 6.08 Å². The average Bonchev–Trinajstić information content (AvgIpc) is 1.83. The molecule has 0 heterocycles. The van der Waals surface area contributed by atoms with Gasteiger partial charge in [0.1, 0.15) is 0 Å². The van der Waals surface area contributed by atoms with Crippen molar-refractivity contribution in [2.45, 2.75) is 6.42 Å². The Morgan fingerprint density at radius 2 is 2.25 bits per heavy atom. The van der Waals surface area contributed by atoms with Crippen molar-refractivity contribution >= 4 is 5.71 Å². The van der Waals surface area contributed by atoms with Crippen molar-refractivity contribution in [1.82, 2.24) is 0 Å². The van der Waals surface area contributed by atoms with Gasteiger partial charge in [0, 0.05) is 19.2 Å². The van der Waals surface area contributed by atoms with Crippen LogP contribution in [-0.4, -0.2) is 12.8 Å². The van der Waals surface area contributed by atoms with Crippen LogP contribution in [0.4, 0.5) is 0 Å². The van der Waals surface area contributed by atoms with Crippen LogP contribution in [0.1, 0.15) is 6.42 Å². The molecule has 0 aromatic carbocycles. The summed E-state index contributed by atoms with van der Waals surface area (Å²) in [5.41, 5.74) is 0.986. The highest BCUT2D eigenvalue weighted by Crippen LogP contribution is 1.86. The van der Waals surface area contributed by atoms with E-state index in [0.717, 1.165) is 12.1 Å². The Kier molecular flexibility index (Phi) is 3.85. The van der Waals surface area contributed by atoms with Crippen molar-refractivity contribution in [3.63, 3.8) is 0 Å². The highest BCUT2D eigenvalue weighted by Gasteiger charge is 1.82. The Morgan fingerprint density at radius 1 is 1.62 bits per heavy atom. The molecule has 0 amide bonds. The lowest BCUT2D eigenvalue weighted by molar-refractivity contribution is 1.37. The van der Waals surface area contributed by atoms with Crippen LogP contribution in [0, 0.1) is 0 Å². The SMILES string of the molecule is C=CCC(C=C)=NC. The van der Waals surface area contributed by atoms with E-state index in [1.807, 2.05) is 6.08 Å². The normalized spacial score (nSPS) is 10.9. The summed E-state index contributed by atoms with van der Waals surface area (Å²) in [6, 6.07) is 0.